The van der Waals surface area contributed by atoms with Crippen molar-refractivity contribution in [1.29, 1.82) is 0 Å². The molecule has 3 rings (SSSR count). The van der Waals surface area contributed by atoms with E-state index in [1.165, 1.54) is 24.1 Å². The third-order valence-electron chi connectivity index (χ3n) is 4.59. The maximum Gasteiger partial charge on any atom is 0.341 e. The molecule has 2 amide bonds. The summed E-state index contributed by atoms with van der Waals surface area (Å²) >= 11 is 1.69. The molecule has 0 heterocycles. The lowest BCUT2D eigenvalue weighted by Gasteiger charge is -2.12. The van der Waals surface area contributed by atoms with E-state index in [0.717, 1.165) is 33.4 Å². The van der Waals surface area contributed by atoms with Gasteiger partial charge < -0.3 is 5.32 Å². The number of fused-ring (bicyclic) bond motifs is 1. The molecule has 0 atom stereocenters. The van der Waals surface area contributed by atoms with Gasteiger partial charge in [-0.25, -0.2) is 14.2 Å². The first-order valence-electron chi connectivity index (χ1n) is 8.47. The SMILES string of the molecule is CSc1ccc(/C=C2\C(C)=C(CNC(=O)N(C)O)c3cc(F)ccc32)cc1. The zero-order chi connectivity index (χ0) is 19.6. The minimum atomic E-state index is -0.613. The summed E-state index contributed by atoms with van der Waals surface area (Å²) in [7, 11) is 1.25. The van der Waals surface area contributed by atoms with Crippen molar-refractivity contribution in [3.05, 3.63) is 70.5 Å². The summed E-state index contributed by atoms with van der Waals surface area (Å²) in [6.07, 6.45) is 4.11. The molecule has 2 N–H and O–H groups in total. The fourth-order valence-electron chi connectivity index (χ4n) is 3.13. The third kappa shape index (κ3) is 4.07. The number of hydrogen-bond acceptors (Lipinski definition) is 3. The van der Waals surface area contributed by atoms with E-state index >= 15 is 0 Å². The Bertz CT molecular complexity index is 934. The molecule has 6 heteroatoms. The van der Waals surface area contributed by atoms with Crippen LogP contribution in [0, 0.1) is 5.82 Å². The molecule has 0 aliphatic heterocycles. The molecule has 0 radical (unpaired) electrons. The molecule has 0 fully saturated rings. The first-order valence-corrected chi connectivity index (χ1v) is 9.69. The van der Waals surface area contributed by atoms with Crippen molar-refractivity contribution in [2.24, 2.45) is 0 Å². The Labute approximate surface area is 162 Å². The van der Waals surface area contributed by atoms with Gasteiger partial charge in [0.15, 0.2) is 0 Å². The number of urea groups is 1. The normalized spacial score (nSPS) is 14.5. The Balaban J connectivity index is 2.00. The van der Waals surface area contributed by atoms with Crippen LogP contribution in [0.3, 0.4) is 0 Å². The van der Waals surface area contributed by atoms with Crippen LogP contribution in [-0.4, -0.2) is 36.1 Å². The lowest BCUT2D eigenvalue weighted by atomic mass is 10.0. The highest BCUT2D eigenvalue weighted by atomic mass is 32.2. The van der Waals surface area contributed by atoms with Crippen molar-refractivity contribution < 1.29 is 14.4 Å². The number of carbonyl (C=O) groups is 1. The van der Waals surface area contributed by atoms with Gasteiger partial charge in [0.1, 0.15) is 5.82 Å². The molecule has 0 bridgehead atoms. The fourth-order valence-corrected chi connectivity index (χ4v) is 3.53. The first-order chi connectivity index (χ1) is 12.9. The third-order valence-corrected chi connectivity index (χ3v) is 5.33. The molecule has 4 nitrogen and oxygen atoms in total. The number of nitrogens with zero attached hydrogens (tertiary/aromatic N) is 1. The minimum Gasteiger partial charge on any atom is -0.332 e. The van der Waals surface area contributed by atoms with Crippen molar-refractivity contribution in [2.45, 2.75) is 11.8 Å². The molecule has 1 aliphatic carbocycles. The van der Waals surface area contributed by atoms with E-state index in [1.54, 1.807) is 17.8 Å². The van der Waals surface area contributed by atoms with Gasteiger partial charge in [0.25, 0.3) is 0 Å². The summed E-state index contributed by atoms with van der Waals surface area (Å²) in [6.45, 7) is 2.17. The van der Waals surface area contributed by atoms with E-state index < -0.39 is 6.03 Å². The second-order valence-electron chi connectivity index (χ2n) is 6.31. The van der Waals surface area contributed by atoms with Crippen molar-refractivity contribution >= 4 is 35.0 Å². The van der Waals surface area contributed by atoms with E-state index in [4.69, 9.17) is 0 Å². The van der Waals surface area contributed by atoms with Crippen molar-refractivity contribution in [1.82, 2.24) is 10.4 Å². The van der Waals surface area contributed by atoms with Crippen LogP contribution in [0.25, 0.3) is 17.2 Å². The number of nitrogens with one attached hydrogen (secondary N) is 1. The lowest BCUT2D eigenvalue weighted by molar-refractivity contribution is -0.0178. The lowest BCUT2D eigenvalue weighted by Crippen LogP contribution is -2.35. The van der Waals surface area contributed by atoms with E-state index in [1.807, 2.05) is 13.2 Å². The molecule has 1 aliphatic rings. The number of halogens is 1. The van der Waals surface area contributed by atoms with E-state index in [-0.39, 0.29) is 12.4 Å². The number of amides is 2. The topological polar surface area (TPSA) is 52.6 Å². The number of hydroxylamine groups is 2. The molecular weight excluding hydrogens is 363 g/mol. The molecule has 27 heavy (non-hydrogen) atoms. The number of benzene rings is 2. The maximum absolute atomic E-state index is 13.8. The van der Waals surface area contributed by atoms with Crippen LogP contribution in [0.4, 0.5) is 9.18 Å². The number of thioether (sulfide) groups is 1. The van der Waals surface area contributed by atoms with Gasteiger partial charge in [0.05, 0.1) is 0 Å². The number of carbonyl (C=O) groups excluding carboxylic acids is 1. The highest BCUT2D eigenvalue weighted by Crippen LogP contribution is 2.42. The average Bonchev–Trinajstić information content (AvgIpc) is 2.91. The average molecular weight is 384 g/mol. The predicted molar refractivity (Wildman–Crippen MR) is 108 cm³/mol. The summed E-state index contributed by atoms with van der Waals surface area (Å²) < 4.78 is 13.8. The Kier molecular flexibility index (Phi) is 5.68. The summed E-state index contributed by atoms with van der Waals surface area (Å²) in [5.74, 6) is -0.324. The predicted octanol–water partition coefficient (Wildman–Crippen LogP) is 4.91. The van der Waals surface area contributed by atoms with E-state index in [2.05, 4.69) is 35.7 Å². The summed E-state index contributed by atoms with van der Waals surface area (Å²) in [6, 6.07) is 12.3. The Morgan fingerprint density at radius 3 is 2.56 bits per heavy atom. The van der Waals surface area contributed by atoms with Gasteiger partial charge in [-0.3, -0.25) is 5.21 Å². The summed E-state index contributed by atoms with van der Waals surface area (Å²) in [5, 5.41) is 12.4. The number of hydrogen-bond donors (Lipinski definition) is 2. The number of rotatable bonds is 4. The van der Waals surface area contributed by atoms with Gasteiger partial charge in [-0.15, -0.1) is 11.8 Å². The molecule has 0 spiro atoms. The molecule has 0 unspecified atom stereocenters. The zero-order valence-corrected chi connectivity index (χ0v) is 16.2. The second kappa shape index (κ2) is 7.98. The largest absolute Gasteiger partial charge is 0.341 e. The smallest absolute Gasteiger partial charge is 0.332 e. The van der Waals surface area contributed by atoms with Crippen molar-refractivity contribution in [3.63, 3.8) is 0 Å². The van der Waals surface area contributed by atoms with Gasteiger partial charge in [0, 0.05) is 18.5 Å². The zero-order valence-electron chi connectivity index (χ0n) is 15.4. The molecule has 0 aromatic heterocycles. The molecule has 0 saturated heterocycles. The Morgan fingerprint density at radius 2 is 1.93 bits per heavy atom. The van der Waals surface area contributed by atoms with E-state index in [9.17, 15) is 14.4 Å². The van der Waals surface area contributed by atoms with Crippen LogP contribution in [0.5, 0.6) is 0 Å². The molecule has 0 saturated carbocycles. The van der Waals surface area contributed by atoms with Crippen molar-refractivity contribution in [2.75, 3.05) is 19.8 Å². The van der Waals surface area contributed by atoms with Crippen LogP contribution in [0.1, 0.15) is 23.6 Å². The second-order valence-corrected chi connectivity index (χ2v) is 7.19. The number of allylic oxidation sites excluding steroid dienone is 2. The Hall–Kier alpha value is -2.57. The van der Waals surface area contributed by atoms with Gasteiger partial charge >= 0.3 is 6.03 Å². The molecular formula is C21H21FN2O2S. The van der Waals surface area contributed by atoms with E-state index in [0.29, 0.717) is 5.06 Å². The van der Waals surface area contributed by atoms with Gasteiger partial charge in [-0.2, -0.15) is 0 Å². The highest BCUT2D eigenvalue weighted by molar-refractivity contribution is 7.98. The standard InChI is InChI=1S/C21H21FN2O2S/c1-13-18(10-14-4-7-16(27-3)8-5-14)17-9-6-15(22)11-19(17)20(13)12-23-21(25)24(2)26/h4-11,26H,12H2,1-3H3,(H,23,25)/b18-10+. The van der Waals surface area contributed by atoms with Gasteiger partial charge in [-0.1, -0.05) is 18.2 Å². The van der Waals surface area contributed by atoms with Crippen LogP contribution in [0.2, 0.25) is 0 Å². The van der Waals surface area contributed by atoms with Gasteiger partial charge in [-0.05, 0) is 76.9 Å². The van der Waals surface area contributed by atoms with Crippen LogP contribution < -0.4 is 5.32 Å². The molecule has 2 aromatic carbocycles. The quantitative estimate of drug-likeness (QED) is 0.448. The monoisotopic (exact) mass is 384 g/mol. The minimum absolute atomic E-state index is 0.203. The fraction of sp³-hybridized carbons (Fsp3) is 0.190. The van der Waals surface area contributed by atoms with Crippen molar-refractivity contribution in [3.8, 4) is 0 Å². The van der Waals surface area contributed by atoms with Gasteiger partial charge in [0.2, 0.25) is 0 Å². The Morgan fingerprint density at radius 1 is 1.22 bits per heavy atom. The van der Waals surface area contributed by atoms with Crippen LogP contribution in [0.15, 0.2) is 52.9 Å². The summed E-state index contributed by atoms with van der Waals surface area (Å²) in [4.78, 5) is 12.9. The molecule has 140 valence electrons. The van der Waals surface area contributed by atoms with Crippen LogP contribution >= 0.6 is 11.8 Å². The highest BCUT2D eigenvalue weighted by Gasteiger charge is 2.24. The van der Waals surface area contributed by atoms with Crippen LogP contribution in [-0.2, 0) is 0 Å². The summed E-state index contributed by atoms with van der Waals surface area (Å²) in [5.41, 5.74) is 5.57. The molecule has 2 aromatic rings. The first kappa shape index (κ1) is 19.2. The maximum atomic E-state index is 13.8.